The second-order valence-corrected chi connectivity index (χ2v) is 5.32. The van der Waals surface area contributed by atoms with Crippen molar-refractivity contribution in [1.29, 1.82) is 0 Å². The number of anilines is 3. The van der Waals surface area contributed by atoms with Gasteiger partial charge in [0.15, 0.2) is 5.13 Å². The van der Waals surface area contributed by atoms with E-state index >= 15 is 0 Å². The Kier molecular flexibility index (Phi) is 2.87. The Hall–Kier alpha value is -2.08. The third-order valence-electron chi connectivity index (χ3n) is 3.19. The number of amides is 1. The van der Waals surface area contributed by atoms with Crippen molar-refractivity contribution in [2.24, 2.45) is 0 Å². The number of nitrogens with one attached hydrogen (secondary N) is 1. The van der Waals surface area contributed by atoms with Crippen molar-refractivity contribution in [2.75, 3.05) is 29.5 Å². The number of hydrogen-bond donors (Lipinski definition) is 2. The lowest BCUT2D eigenvalue weighted by Gasteiger charge is -2.16. The molecule has 0 saturated heterocycles. The van der Waals surface area contributed by atoms with E-state index in [4.69, 9.17) is 5.73 Å². The molecule has 19 heavy (non-hydrogen) atoms. The van der Waals surface area contributed by atoms with Gasteiger partial charge in [-0.3, -0.25) is 4.79 Å². The van der Waals surface area contributed by atoms with Gasteiger partial charge in [-0.1, -0.05) is 29.5 Å². The zero-order chi connectivity index (χ0) is 13.4. The van der Waals surface area contributed by atoms with Crippen LogP contribution >= 0.6 is 11.3 Å². The largest absolute Gasteiger partial charge is 0.382 e. The molecule has 98 valence electrons. The number of rotatable bonds is 2. The van der Waals surface area contributed by atoms with Crippen LogP contribution in [0.5, 0.6) is 0 Å². The molecule has 0 saturated carbocycles. The topological polar surface area (TPSA) is 71.2 Å². The summed E-state index contributed by atoms with van der Waals surface area (Å²) in [6.45, 7) is 0.699. The highest BCUT2D eigenvalue weighted by Crippen LogP contribution is 2.32. The lowest BCUT2D eigenvalue weighted by molar-refractivity contribution is 0.0994. The summed E-state index contributed by atoms with van der Waals surface area (Å²) in [4.78, 5) is 18.9. The maximum absolute atomic E-state index is 12.5. The molecule has 2 heterocycles. The van der Waals surface area contributed by atoms with Crippen molar-refractivity contribution >= 4 is 33.9 Å². The predicted octanol–water partition coefficient (Wildman–Crippen LogP) is 1.97. The maximum atomic E-state index is 12.5. The normalized spacial score (nSPS) is 13.4. The summed E-state index contributed by atoms with van der Waals surface area (Å²) >= 11 is 1.29. The third-order valence-corrected chi connectivity index (χ3v) is 4.27. The third kappa shape index (κ3) is 1.94. The summed E-state index contributed by atoms with van der Waals surface area (Å²) in [7, 11) is 1.76. The van der Waals surface area contributed by atoms with Gasteiger partial charge in [0.05, 0.1) is 0 Å². The van der Waals surface area contributed by atoms with Crippen molar-refractivity contribution in [3.63, 3.8) is 0 Å². The van der Waals surface area contributed by atoms with E-state index in [9.17, 15) is 4.79 Å². The molecule has 1 aromatic heterocycles. The molecular weight excluding hydrogens is 260 g/mol. The molecular formula is C13H14N4OS. The van der Waals surface area contributed by atoms with Gasteiger partial charge in [0.25, 0.3) is 5.91 Å². The Morgan fingerprint density at radius 1 is 1.47 bits per heavy atom. The molecule has 0 aliphatic carbocycles. The molecule has 6 heteroatoms. The Morgan fingerprint density at radius 2 is 2.26 bits per heavy atom. The summed E-state index contributed by atoms with van der Waals surface area (Å²) in [5.41, 5.74) is 8.00. The summed E-state index contributed by atoms with van der Waals surface area (Å²) < 4.78 is 0. The van der Waals surface area contributed by atoms with Crippen LogP contribution in [0.2, 0.25) is 0 Å². The van der Waals surface area contributed by atoms with Gasteiger partial charge in [-0.25, -0.2) is 4.98 Å². The molecule has 3 N–H and O–H groups in total. The predicted molar refractivity (Wildman–Crippen MR) is 77.9 cm³/mol. The van der Waals surface area contributed by atoms with Gasteiger partial charge in [-0.15, -0.1) is 0 Å². The van der Waals surface area contributed by atoms with Gasteiger partial charge in [0.2, 0.25) is 0 Å². The number of carbonyl (C=O) groups excluding carboxylic acids is 1. The minimum absolute atomic E-state index is 0.0681. The van der Waals surface area contributed by atoms with Gasteiger partial charge in [0.1, 0.15) is 10.7 Å². The second-order valence-electron chi connectivity index (χ2n) is 4.32. The van der Waals surface area contributed by atoms with E-state index in [2.05, 4.69) is 16.4 Å². The molecule has 5 nitrogen and oxygen atoms in total. The fraction of sp³-hybridized carbons (Fsp3) is 0.231. The molecule has 1 amide bonds. The Balaban J connectivity index is 1.95. The number of nitrogens with zero attached hydrogens (tertiary/aromatic N) is 2. The van der Waals surface area contributed by atoms with Gasteiger partial charge in [-0.05, 0) is 18.1 Å². The van der Waals surface area contributed by atoms with Gasteiger partial charge in [0, 0.05) is 19.3 Å². The fourth-order valence-electron chi connectivity index (χ4n) is 2.26. The van der Waals surface area contributed by atoms with Crippen molar-refractivity contribution < 1.29 is 4.79 Å². The minimum Gasteiger partial charge on any atom is -0.382 e. The number of carbonyl (C=O) groups is 1. The number of fused-ring (bicyclic) bond motifs is 1. The fourth-order valence-corrected chi connectivity index (χ4v) is 3.05. The summed E-state index contributed by atoms with van der Waals surface area (Å²) in [5, 5.41) is 3.57. The van der Waals surface area contributed by atoms with E-state index in [-0.39, 0.29) is 5.91 Å². The van der Waals surface area contributed by atoms with Crippen LogP contribution < -0.4 is 16.0 Å². The maximum Gasteiger partial charge on any atom is 0.272 e. The molecule has 0 spiro atoms. The van der Waals surface area contributed by atoms with Gasteiger partial charge < -0.3 is 16.0 Å². The smallest absolute Gasteiger partial charge is 0.272 e. The van der Waals surface area contributed by atoms with Crippen LogP contribution in [-0.4, -0.2) is 24.5 Å². The molecule has 0 bridgehead atoms. The number of benzene rings is 1. The first kappa shape index (κ1) is 12.0. The molecule has 0 atom stereocenters. The molecule has 1 aliphatic rings. The van der Waals surface area contributed by atoms with Crippen LogP contribution in [0.3, 0.4) is 0 Å². The first-order valence-electron chi connectivity index (χ1n) is 6.04. The van der Waals surface area contributed by atoms with Gasteiger partial charge in [-0.2, -0.15) is 0 Å². The Labute approximate surface area is 115 Å². The molecule has 2 aromatic rings. The monoisotopic (exact) mass is 274 g/mol. The second kappa shape index (κ2) is 4.55. The number of hydrogen-bond acceptors (Lipinski definition) is 5. The highest BCUT2D eigenvalue weighted by atomic mass is 32.1. The number of thiazole rings is 1. The Morgan fingerprint density at radius 3 is 3.00 bits per heavy atom. The lowest BCUT2D eigenvalue weighted by Crippen LogP contribution is -2.28. The van der Waals surface area contributed by atoms with E-state index in [1.807, 2.05) is 18.2 Å². The Bertz CT molecular complexity index is 637. The van der Waals surface area contributed by atoms with Crippen LogP contribution in [-0.2, 0) is 6.42 Å². The molecule has 3 rings (SSSR count). The number of nitrogen functional groups attached to an aromatic ring is 1. The van der Waals surface area contributed by atoms with E-state index in [1.165, 1.54) is 16.9 Å². The first-order chi connectivity index (χ1) is 9.20. The van der Waals surface area contributed by atoms with E-state index in [1.54, 1.807) is 11.9 Å². The van der Waals surface area contributed by atoms with Gasteiger partial charge >= 0.3 is 0 Å². The standard InChI is InChI=1S/C13H14N4OS/c1-15-13-16-11(14)10(19-13)12(18)17-7-6-8-4-2-3-5-9(8)17/h2-5H,6-7,14H2,1H3,(H,15,16). The average Bonchev–Trinajstić information content (AvgIpc) is 3.01. The summed E-state index contributed by atoms with van der Waals surface area (Å²) in [6.07, 6.45) is 0.888. The zero-order valence-corrected chi connectivity index (χ0v) is 11.3. The number of para-hydroxylation sites is 1. The van der Waals surface area contributed by atoms with E-state index in [0.717, 1.165) is 12.1 Å². The summed E-state index contributed by atoms with van der Waals surface area (Å²) in [6, 6.07) is 7.96. The molecule has 1 aliphatic heterocycles. The van der Waals surface area contributed by atoms with Crippen LogP contribution in [0.15, 0.2) is 24.3 Å². The van der Waals surface area contributed by atoms with Crippen LogP contribution in [0.25, 0.3) is 0 Å². The number of aromatic nitrogens is 1. The SMILES string of the molecule is CNc1nc(N)c(C(=O)N2CCc3ccccc32)s1. The molecule has 1 aromatic carbocycles. The summed E-state index contributed by atoms with van der Waals surface area (Å²) in [5.74, 6) is 0.227. The van der Waals surface area contributed by atoms with Crippen molar-refractivity contribution in [1.82, 2.24) is 4.98 Å². The van der Waals surface area contributed by atoms with E-state index < -0.39 is 0 Å². The minimum atomic E-state index is -0.0681. The molecule has 0 radical (unpaired) electrons. The first-order valence-corrected chi connectivity index (χ1v) is 6.86. The lowest BCUT2D eigenvalue weighted by atomic mass is 10.2. The van der Waals surface area contributed by atoms with Crippen molar-refractivity contribution in [3.8, 4) is 0 Å². The van der Waals surface area contributed by atoms with Crippen LogP contribution in [0.4, 0.5) is 16.6 Å². The quantitative estimate of drug-likeness (QED) is 0.878. The van der Waals surface area contributed by atoms with Crippen molar-refractivity contribution in [2.45, 2.75) is 6.42 Å². The van der Waals surface area contributed by atoms with Crippen molar-refractivity contribution in [3.05, 3.63) is 34.7 Å². The highest BCUT2D eigenvalue weighted by molar-refractivity contribution is 7.18. The van der Waals surface area contributed by atoms with Crippen LogP contribution in [0.1, 0.15) is 15.2 Å². The number of nitrogens with two attached hydrogens (primary N) is 1. The molecule has 0 fully saturated rings. The zero-order valence-electron chi connectivity index (χ0n) is 10.5. The highest BCUT2D eigenvalue weighted by Gasteiger charge is 2.28. The molecule has 0 unspecified atom stereocenters. The van der Waals surface area contributed by atoms with Crippen LogP contribution in [0, 0.1) is 0 Å². The average molecular weight is 274 g/mol. The van der Waals surface area contributed by atoms with E-state index in [0.29, 0.717) is 22.4 Å².